The monoisotopic (exact) mass is 415 g/mol. The largest absolute Gasteiger partial charge is 0.495 e. The van der Waals surface area contributed by atoms with Gasteiger partial charge in [0.1, 0.15) is 10.6 Å². The zero-order valence-electron chi connectivity index (χ0n) is 15.7. The summed E-state index contributed by atoms with van der Waals surface area (Å²) in [6.07, 6.45) is 3.06. The molecule has 6 nitrogen and oxygen atoms in total. The maximum absolute atomic E-state index is 12.6. The summed E-state index contributed by atoms with van der Waals surface area (Å²) in [4.78, 5) is 34.4. The molecule has 0 radical (unpaired) electrons. The van der Waals surface area contributed by atoms with Crippen LogP contribution in [0.15, 0.2) is 34.2 Å². The average molecular weight is 416 g/mol. The molecule has 2 heterocycles. The van der Waals surface area contributed by atoms with Crippen molar-refractivity contribution in [3.05, 3.63) is 45.1 Å². The Bertz CT molecular complexity index is 1090. The zero-order valence-corrected chi connectivity index (χ0v) is 17.3. The fourth-order valence-electron chi connectivity index (χ4n) is 3.47. The fourth-order valence-corrected chi connectivity index (χ4v) is 5.57. The lowest BCUT2D eigenvalue weighted by Crippen LogP contribution is -2.16. The van der Waals surface area contributed by atoms with Gasteiger partial charge in [-0.05, 0) is 42.9 Å². The van der Waals surface area contributed by atoms with E-state index in [0.717, 1.165) is 35.0 Å². The van der Waals surface area contributed by atoms with Crippen molar-refractivity contribution >= 4 is 44.9 Å². The van der Waals surface area contributed by atoms with Gasteiger partial charge >= 0.3 is 0 Å². The van der Waals surface area contributed by atoms with Gasteiger partial charge in [0.05, 0.1) is 23.9 Å². The third-order valence-corrected chi connectivity index (χ3v) is 6.89. The van der Waals surface area contributed by atoms with E-state index in [1.54, 1.807) is 30.6 Å². The number of ether oxygens (including phenoxy) is 1. The number of carbonyl (C=O) groups excluding carboxylic acids is 1. The lowest BCUT2D eigenvalue weighted by atomic mass is 9.89. The quantitative estimate of drug-likeness (QED) is 0.488. The first-order valence-corrected chi connectivity index (χ1v) is 11.0. The number of thiophene rings is 1. The van der Waals surface area contributed by atoms with Crippen molar-refractivity contribution in [2.75, 3.05) is 18.2 Å². The highest BCUT2D eigenvalue weighted by Gasteiger charge is 2.23. The number of methoxy groups -OCH3 is 1. The van der Waals surface area contributed by atoms with E-state index in [1.807, 2.05) is 12.1 Å². The minimum Gasteiger partial charge on any atom is -0.495 e. The van der Waals surface area contributed by atoms with Gasteiger partial charge < -0.3 is 15.0 Å². The highest BCUT2D eigenvalue weighted by Crippen LogP contribution is 2.36. The highest BCUT2D eigenvalue weighted by atomic mass is 32.2. The molecule has 1 aliphatic carbocycles. The third-order valence-electron chi connectivity index (χ3n) is 4.86. The number of fused-ring (bicyclic) bond motifs is 3. The van der Waals surface area contributed by atoms with E-state index in [-0.39, 0.29) is 17.2 Å². The van der Waals surface area contributed by atoms with E-state index in [0.29, 0.717) is 22.5 Å². The molecule has 3 aromatic rings. The van der Waals surface area contributed by atoms with Crippen LogP contribution in [-0.2, 0) is 17.6 Å². The molecule has 1 unspecified atom stereocenters. The summed E-state index contributed by atoms with van der Waals surface area (Å²) in [5.74, 6) is 1.21. The molecule has 2 N–H and O–H groups in total. The summed E-state index contributed by atoms with van der Waals surface area (Å²) in [6.45, 7) is 2.24. The smallest absolute Gasteiger partial charge is 0.260 e. The molecule has 8 heteroatoms. The third kappa shape index (κ3) is 3.79. The second kappa shape index (κ2) is 7.97. The van der Waals surface area contributed by atoms with E-state index in [1.165, 1.54) is 16.6 Å². The molecule has 1 aromatic carbocycles. The summed E-state index contributed by atoms with van der Waals surface area (Å²) >= 11 is 2.84. The van der Waals surface area contributed by atoms with Crippen LogP contribution in [0.2, 0.25) is 0 Å². The van der Waals surface area contributed by atoms with Crippen molar-refractivity contribution in [3.63, 3.8) is 0 Å². The van der Waals surface area contributed by atoms with Crippen molar-refractivity contribution in [2.24, 2.45) is 5.92 Å². The first-order valence-electron chi connectivity index (χ1n) is 9.15. The lowest BCUT2D eigenvalue weighted by molar-refractivity contribution is -0.113. The number of hydrogen-bond donors (Lipinski definition) is 2. The minimum atomic E-state index is -0.184. The highest BCUT2D eigenvalue weighted by molar-refractivity contribution is 7.99. The Kier molecular flexibility index (Phi) is 5.41. The van der Waals surface area contributed by atoms with Crippen LogP contribution in [0.3, 0.4) is 0 Å². The van der Waals surface area contributed by atoms with E-state index in [9.17, 15) is 9.59 Å². The number of benzene rings is 1. The predicted molar refractivity (Wildman–Crippen MR) is 114 cm³/mol. The molecule has 1 atom stereocenters. The summed E-state index contributed by atoms with van der Waals surface area (Å²) in [5.41, 5.74) is 1.68. The lowest BCUT2D eigenvalue weighted by Gasteiger charge is -2.17. The number of nitrogens with one attached hydrogen (secondary N) is 2. The van der Waals surface area contributed by atoms with Crippen LogP contribution in [0, 0.1) is 5.92 Å². The van der Waals surface area contributed by atoms with Crippen LogP contribution in [0.5, 0.6) is 5.75 Å². The first kappa shape index (κ1) is 19.0. The van der Waals surface area contributed by atoms with Crippen molar-refractivity contribution in [2.45, 2.75) is 31.3 Å². The molecule has 1 amide bonds. The van der Waals surface area contributed by atoms with Crippen LogP contribution < -0.4 is 15.6 Å². The minimum absolute atomic E-state index is 0.107. The molecule has 2 aromatic heterocycles. The number of anilines is 1. The van der Waals surface area contributed by atoms with Crippen LogP contribution >= 0.6 is 23.1 Å². The van der Waals surface area contributed by atoms with E-state index < -0.39 is 0 Å². The Morgan fingerprint density at radius 3 is 3.07 bits per heavy atom. The Balaban J connectivity index is 1.49. The number of nitrogens with zero attached hydrogens (tertiary/aromatic N) is 1. The fraction of sp³-hybridized carbons (Fsp3) is 0.350. The second-order valence-electron chi connectivity index (χ2n) is 6.94. The van der Waals surface area contributed by atoms with E-state index in [2.05, 4.69) is 22.2 Å². The molecule has 0 fully saturated rings. The predicted octanol–water partition coefficient (Wildman–Crippen LogP) is 3.85. The Hall–Kier alpha value is -2.32. The second-order valence-corrected chi connectivity index (χ2v) is 8.99. The van der Waals surface area contributed by atoms with Gasteiger partial charge in [0.15, 0.2) is 5.16 Å². The van der Waals surface area contributed by atoms with Crippen molar-refractivity contribution in [1.29, 1.82) is 0 Å². The van der Waals surface area contributed by atoms with Crippen LogP contribution in [0.4, 0.5) is 5.69 Å². The molecular weight excluding hydrogens is 394 g/mol. The van der Waals surface area contributed by atoms with Gasteiger partial charge in [0.2, 0.25) is 5.91 Å². The standard InChI is InChI=1S/C20H21N3O3S2/c1-11-7-8-12-15(9-11)28-19-17(12)18(25)22-20(23-19)27-10-16(24)21-13-5-3-4-6-14(13)26-2/h3-6,11H,7-10H2,1-2H3,(H,21,24)(H,22,23,25). The topological polar surface area (TPSA) is 84.1 Å². The number of thioether (sulfide) groups is 1. The Labute approximate surface area is 170 Å². The molecule has 0 saturated carbocycles. The normalized spacial score (nSPS) is 16.0. The number of para-hydroxylation sites is 2. The number of aryl methyl sites for hydroxylation is 1. The molecule has 4 rings (SSSR count). The van der Waals surface area contributed by atoms with Crippen molar-refractivity contribution < 1.29 is 9.53 Å². The van der Waals surface area contributed by atoms with Gasteiger partial charge in [0, 0.05) is 4.88 Å². The van der Waals surface area contributed by atoms with Gasteiger partial charge in [-0.3, -0.25) is 9.59 Å². The maximum atomic E-state index is 12.6. The maximum Gasteiger partial charge on any atom is 0.260 e. The number of aromatic nitrogens is 2. The molecule has 28 heavy (non-hydrogen) atoms. The van der Waals surface area contributed by atoms with Crippen LogP contribution in [-0.4, -0.2) is 28.7 Å². The van der Waals surface area contributed by atoms with Crippen LogP contribution in [0.1, 0.15) is 23.8 Å². The number of rotatable bonds is 5. The SMILES string of the molecule is COc1ccccc1NC(=O)CSc1nc2sc3c(c2c(=O)[nH]1)CCC(C)C3. The van der Waals surface area contributed by atoms with E-state index >= 15 is 0 Å². The molecule has 0 aliphatic heterocycles. The van der Waals surface area contributed by atoms with Gasteiger partial charge in [0.25, 0.3) is 5.56 Å². The summed E-state index contributed by atoms with van der Waals surface area (Å²) in [7, 11) is 1.56. The van der Waals surface area contributed by atoms with Crippen molar-refractivity contribution in [1.82, 2.24) is 9.97 Å². The summed E-state index contributed by atoms with van der Waals surface area (Å²) < 4.78 is 5.24. The number of amides is 1. The van der Waals surface area contributed by atoms with Gasteiger partial charge in [-0.1, -0.05) is 30.8 Å². The molecule has 0 saturated heterocycles. The molecule has 1 aliphatic rings. The molecular formula is C20H21N3O3S2. The molecule has 146 valence electrons. The van der Waals surface area contributed by atoms with Gasteiger partial charge in [-0.25, -0.2) is 4.98 Å². The van der Waals surface area contributed by atoms with Gasteiger partial charge in [-0.15, -0.1) is 11.3 Å². The number of H-pyrrole nitrogens is 1. The molecule has 0 spiro atoms. The van der Waals surface area contributed by atoms with E-state index in [4.69, 9.17) is 4.74 Å². The van der Waals surface area contributed by atoms with Crippen molar-refractivity contribution in [3.8, 4) is 5.75 Å². The number of hydrogen-bond acceptors (Lipinski definition) is 6. The van der Waals surface area contributed by atoms with Gasteiger partial charge in [-0.2, -0.15) is 0 Å². The summed E-state index contributed by atoms with van der Waals surface area (Å²) in [6, 6.07) is 7.24. The number of carbonyl (C=O) groups is 1. The molecule has 0 bridgehead atoms. The number of aromatic amines is 1. The Morgan fingerprint density at radius 2 is 2.25 bits per heavy atom. The summed E-state index contributed by atoms with van der Waals surface area (Å²) in [5, 5.41) is 4.03. The van der Waals surface area contributed by atoms with Crippen LogP contribution in [0.25, 0.3) is 10.2 Å². The first-order chi connectivity index (χ1) is 13.5. The Morgan fingerprint density at radius 1 is 1.43 bits per heavy atom. The zero-order chi connectivity index (χ0) is 19.7. The average Bonchev–Trinajstić information content (AvgIpc) is 3.04.